The second kappa shape index (κ2) is 12.7. The molecule has 1 saturated heterocycles. The molecule has 1 aliphatic heterocycles. The Morgan fingerprint density at radius 2 is 1.00 bits per heavy atom. The first-order valence-electron chi connectivity index (χ1n) is 17.2. The van der Waals surface area contributed by atoms with E-state index in [4.69, 9.17) is 0 Å². The highest BCUT2D eigenvalue weighted by atomic mass is 31.1. The van der Waals surface area contributed by atoms with Crippen molar-refractivity contribution in [3.63, 3.8) is 0 Å². The third-order valence-corrected chi connectivity index (χ3v) is 11.4. The normalized spacial score (nSPS) is 17.7. The van der Waals surface area contributed by atoms with Gasteiger partial charge in [-0.05, 0) is 99.2 Å². The van der Waals surface area contributed by atoms with Crippen molar-refractivity contribution in [1.29, 1.82) is 0 Å². The molecule has 1 aliphatic rings. The summed E-state index contributed by atoms with van der Waals surface area (Å²) in [5, 5.41) is 0. The minimum atomic E-state index is -2.04. The lowest BCUT2D eigenvalue weighted by atomic mass is 9.79. The molecule has 5 aromatic rings. The lowest BCUT2D eigenvalue weighted by Gasteiger charge is -2.27. The summed E-state index contributed by atoms with van der Waals surface area (Å²) >= 11 is 0. The fourth-order valence-electron chi connectivity index (χ4n) is 7.23. The van der Waals surface area contributed by atoms with Crippen LogP contribution in [-0.2, 0) is 15.4 Å². The van der Waals surface area contributed by atoms with Gasteiger partial charge in [0, 0.05) is 0 Å². The van der Waals surface area contributed by atoms with Crippen molar-refractivity contribution < 1.29 is 4.57 Å². The van der Waals surface area contributed by atoms with Gasteiger partial charge >= 0.3 is 8.10 Å². The summed E-state index contributed by atoms with van der Waals surface area (Å²) in [7, 11) is -2.04. The number of hydrogen-bond acceptors (Lipinski definition) is 1. The second-order valence-electron chi connectivity index (χ2n) is 15.7. The Kier molecular flexibility index (Phi) is 8.90. The molecular formula is C44H50N2OP+. The Hall–Kier alpha value is -4.20. The molecule has 0 aromatic heterocycles. The fourth-order valence-corrected chi connectivity index (χ4v) is 9.27. The predicted molar refractivity (Wildman–Crippen MR) is 206 cm³/mol. The zero-order chi connectivity index (χ0) is 34.5. The Balaban J connectivity index is 1.61. The van der Waals surface area contributed by atoms with Gasteiger partial charge in [-0.2, -0.15) is 0 Å². The van der Waals surface area contributed by atoms with Gasteiger partial charge in [0.1, 0.15) is 12.1 Å². The van der Waals surface area contributed by atoms with Gasteiger partial charge in [-0.15, -0.1) is 9.34 Å². The Bertz CT molecular complexity index is 1910. The number of aryl methyl sites for hydroxylation is 4. The van der Waals surface area contributed by atoms with Gasteiger partial charge in [0.2, 0.25) is 0 Å². The van der Waals surface area contributed by atoms with Crippen LogP contribution >= 0.6 is 8.10 Å². The summed E-state index contributed by atoms with van der Waals surface area (Å²) in [6, 6.07) is 39.2. The summed E-state index contributed by atoms with van der Waals surface area (Å²) in [6.45, 7) is 22.3. The number of benzene rings is 5. The highest BCUT2D eigenvalue weighted by molar-refractivity contribution is 7.49. The molecule has 5 aromatic carbocycles. The van der Waals surface area contributed by atoms with Crippen LogP contribution in [-0.4, -0.2) is 0 Å². The molecule has 0 aliphatic carbocycles. The summed E-state index contributed by atoms with van der Waals surface area (Å²) < 4.78 is 19.9. The summed E-state index contributed by atoms with van der Waals surface area (Å²) in [4.78, 5) is 0. The Labute approximate surface area is 289 Å². The standard InChI is InChI=1S/C44H50N2OP/c1-29-23-31(3)40(32(4)24-29)46-42(34-19-15-12-16-20-34)41(33-17-13-11-14-18-33)45(48(46)47)39-27-35(22-21-30(39)2)36-25-37(43(5,6)7)28-38(26-36)44(8,9)10/h11-28,41-42H,1-10H3/q+1/t41-,42-/m0/s1. The molecule has 3 atom stereocenters. The van der Waals surface area contributed by atoms with Gasteiger partial charge in [0.25, 0.3) is 0 Å². The fraction of sp³-hybridized carbons (Fsp3) is 0.318. The van der Waals surface area contributed by atoms with E-state index < -0.39 is 8.10 Å². The third-order valence-electron chi connectivity index (χ3n) is 9.80. The Morgan fingerprint density at radius 3 is 1.48 bits per heavy atom. The maximum atomic E-state index is 15.4. The van der Waals surface area contributed by atoms with Crippen molar-refractivity contribution in [2.24, 2.45) is 0 Å². The average Bonchev–Trinajstić information content (AvgIpc) is 3.32. The lowest BCUT2D eigenvalue weighted by Crippen LogP contribution is -2.24. The highest BCUT2D eigenvalue weighted by Gasteiger charge is 2.59. The molecule has 0 spiro atoms. The van der Waals surface area contributed by atoms with E-state index in [-0.39, 0.29) is 22.9 Å². The summed E-state index contributed by atoms with van der Waals surface area (Å²) in [6.07, 6.45) is 0. The minimum absolute atomic E-state index is 0.00734. The van der Waals surface area contributed by atoms with Crippen LogP contribution in [0.5, 0.6) is 0 Å². The Morgan fingerprint density at radius 1 is 0.521 bits per heavy atom. The maximum absolute atomic E-state index is 15.4. The van der Waals surface area contributed by atoms with Crippen LogP contribution in [0.3, 0.4) is 0 Å². The van der Waals surface area contributed by atoms with Gasteiger partial charge < -0.3 is 0 Å². The van der Waals surface area contributed by atoms with Gasteiger partial charge in [-0.1, -0.05) is 150 Å². The molecule has 1 fully saturated rings. The van der Waals surface area contributed by atoms with Crippen LogP contribution in [0.4, 0.5) is 11.4 Å². The molecule has 0 radical (unpaired) electrons. The van der Waals surface area contributed by atoms with E-state index in [2.05, 4.69) is 188 Å². The number of hydrogen-bond donors (Lipinski definition) is 0. The molecule has 0 N–H and O–H groups in total. The van der Waals surface area contributed by atoms with Crippen molar-refractivity contribution in [2.75, 3.05) is 9.34 Å². The van der Waals surface area contributed by atoms with Crippen molar-refractivity contribution in [2.45, 2.75) is 92.2 Å². The molecule has 0 bridgehead atoms. The molecule has 48 heavy (non-hydrogen) atoms. The summed E-state index contributed by atoms with van der Waals surface area (Å²) in [5.41, 5.74) is 14.0. The largest absolute Gasteiger partial charge is 0.597 e. The monoisotopic (exact) mass is 653 g/mol. The first-order chi connectivity index (χ1) is 22.6. The number of anilines is 2. The molecule has 1 heterocycles. The van der Waals surface area contributed by atoms with E-state index >= 15 is 4.57 Å². The van der Waals surface area contributed by atoms with Crippen molar-refractivity contribution in [3.05, 3.63) is 154 Å². The van der Waals surface area contributed by atoms with E-state index in [1.165, 1.54) is 22.3 Å². The van der Waals surface area contributed by atoms with Crippen LogP contribution in [0.1, 0.15) is 98.1 Å². The molecule has 0 saturated carbocycles. The van der Waals surface area contributed by atoms with Crippen molar-refractivity contribution in [3.8, 4) is 11.1 Å². The molecular weight excluding hydrogens is 603 g/mol. The molecule has 6 rings (SSSR count). The van der Waals surface area contributed by atoms with Gasteiger partial charge in [-0.25, -0.2) is 0 Å². The van der Waals surface area contributed by atoms with Gasteiger partial charge in [0.05, 0.1) is 11.4 Å². The minimum Gasteiger partial charge on any atom is -0.135 e. The molecule has 1 unspecified atom stereocenters. The van der Waals surface area contributed by atoms with E-state index in [9.17, 15) is 0 Å². The number of rotatable bonds is 5. The molecule has 246 valence electrons. The van der Waals surface area contributed by atoms with Crippen molar-refractivity contribution in [1.82, 2.24) is 0 Å². The SMILES string of the molecule is Cc1cc(C)c(N2[C@@H](c3ccccc3)[C@H](c3ccccc3)N(c3cc(-c4cc(C(C)(C)C)cc(C(C)(C)C)c4)ccc3C)[P+]2=O)c(C)c1. The van der Waals surface area contributed by atoms with Crippen molar-refractivity contribution >= 4 is 19.5 Å². The van der Waals surface area contributed by atoms with Crippen LogP contribution in [0.25, 0.3) is 11.1 Å². The zero-order valence-electron chi connectivity index (χ0n) is 30.3. The lowest BCUT2D eigenvalue weighted by molar-refractivity contribution is 0.569. The third kappa shape index (κ3) is 6.34. The van der Waals surface area contributed by atoms with E-state index in [0.717, 1.165) is 44.8 Å². The van der Waals surface area contributed by atoms with Gasteiger partial charge in [0.15, 0.2) is 0 Å². The van der Waals surface area contributed by atoms with Crippen LogP contribution < -0.4 is 9.34 Å². The predicted octanol–water partition coefficient (Wildman–Crippen LogP) is 12.6. The van der Waals surface area contributed by atoms with E-state index in [1.54, 1.807) is 0 Å². The van der Waals surface area contributed by atoms with Crippen LogP contribution in [0.15, 0.2) is 109 Å². The highest BCUT2D eigenvalue weighted by Crippen LogP contribution is 2.63. The first kappa shape index (κ1) is 33.7. The van der Waals surface area contributed by atoms with Crippen LogP contribution in [0, 0.1) is 27.7 Å². The quantitative estimate of drug-likeness (QED) is 0.176. The first-order valence-corrected chi connectivity index (χ1v) is 18.3. The molecule has 0 amide bonds. The smallest absolute Gasteiger partial charge is 0.135 e. The van der Waals surface area contributed by atoms with Gasteiger partial charge in [-0.3, -0.25) is 0 Å². The summed E-state index contributed by atoms with van der Waals surface area (Å²) in [5.74, 6) is 0. The maximum Gasteiger partial charge on any atom is 0.597 e. The van der Waals surface area contributed by atoms with Crippen LogP contribution in [0.2, 0.25) is 0 Å². The average molecular weight is 654 g/mol. The number of nitrogens with zero attached hydrogens (tertiary/aromatic N) is 2. The van der Waals surface area contributed by atoms with E-state index in [0.29, 0.717) is 0 Å². The zero-order valence-corrected chi connectivity index (χ0v) is 31.2. The topological polar surface area (TPSA) is 23.6 Å². The molecule has 3 nitrogen and oxygen atoms in total. The second-order valence-corrected chi connectivity index (χ2v) is 17.1. The molecule has 4 heteroatoms. The van der Waals surface area contributed by atoms with E-state index in [1.807, 2.05) is 0 Å².